The Bertz CT molecular complexity index is 972. The molecule has 2 N–H and O–H groups in total. The van der Waals surface area contributed by atoms with Gasteiger partial charge in [-0.1, -0.05) is 24.3 Å². The van der Waals surface area contributed by atoms with Gasteiger partial charge in [0.2, 0.25) is 0 Å². The first kappa shape index (κ1) is 21.0. The fourth-order valence-electron chi connectivity index (χ4n) is 3.92. The fraction of sp³-hybridized carbons (Fsp3) is 0.360. The van der Waals surface area contributed by atoms with Crippen molar-refractivity contribution in [3.8, 4) is 5.69 Å². The molecule has 0 radical (unpaired) electrons. The summed E-state index contributed by atoms with van der Waals surface area (Å²) in [6, 6.07) is 19.3. The van der Waals surface area contributed by atoms with Gasteiger partial charge in [-0.25, -0.2) is 9.67 Å². The molecule has 1 atom stereocenters. The van der Waals surface area contributed by atoms with E-state index >= 15 is 0 Å². The Labute approximate surface area is 185 Å². The minimum absolute atomic E-state index is 0.169. The van der Waals surface area contributed by atoms with E-state index < -0.39 is 0 Å². The van der Waals surface area contributed by atoms with Gasteiger partial charge >= 0.3 is 0 Å². The first-order valence-electron chi connectivity index (χ1n) is 11.2. The standard InChI is InChI=1S/C25H32N6/c1-3-26-25(27-19-21-10-12-23(13-11-21)31-17-7-14-28-31)29-20(2)22-8-6-9-24(18-22)30-15-4-5-16-30/h6-14,17-18,20H,3-5,15-16,19H2,1-2H3,(H2,26,27,29). The second kappa shape index (κ2) is 10.2. The Hall–Kier alpha value is -3.28. The molecule has 1 aliphatic rings. The highest BCUT2D eigenvalue weighted by atomic mass is 15.3. The van der Waals surface area contributed by atoms with Crippen molar-refractivity contribution < 1.29 is 0 Å². The van der Waals surface area contributed by atoms with Crippen LogP contribution < -0.4 is 15.5 Å². The highest BCUT2D eigenvalue weighted by molar-refractivity contribution is 5.80. The second-order valence-electron chi connectivity index (χ2n) is 7.97. The summed E-state index contributed by atoms with van der Waals surface area (Å²) in [4.78, 5) is 7.28. The molecule has 0 aliphatic carbocycles. The van der Waals surface area contributed by atoms with Gasteiger partial charge in [0, 0.05) is 37.7 Å². The van der Waals surface area contributed by atoms with E-state index in [2.05, 4.69) is 83.0 Å². The molecule has 6 nitrogen and oxygen atoms in total. The minimum atomic E-state index is 0.169. The lowest BCUT2D eigenvalue weighted by Crippen LogP contribution is -2.38. The number of aromatic nitrogens is 2. The van der Waals surface area contributed by atoms with Gasteiger partial charge in [-0.15, -0.1) is 0 Å². The SMILES string of the molecule is CCNC(=NCc1ccc(-n2cccn2)cc1)NC(C)c1cccc(N2CCCC2)c1. The molecule has 3 aromatic rings. The molecule has 162 valence electrons. The van der Waals surface area contributed by atoms with Gasteiger partial charge in [-0.05, 0) is 68.1 Å². The largest absolute Gasteiger partial charge is 0.372 e. The van der Waals surface area contributed by atoms with E-state index in [1.54, 1.807) is 6.20 Å². The first-order valence-corrected chi connectivity index (χ1v) is 11.2. The van der Waals surface area contributed by atoms with Crippen LogP contribution in [0.4, 0.5) is 5.69 Å². The van der Waals surface area contributed by atoms with Crippen molar-refractivity contribution in [2.24, 2.45) is 4.99 Å². The molecule has 1 unspecified atom stereocenters. The number of nitrogens with one attached hydrogen (secondary N) is 2. The van der Waals surface area contributed by atoms with E-state index in [-0.39, 0.29) is 6.04 Å². The maximum Gasteiger partial charge on any atom is 0.192 e. The van der Waals surface area contributed by atoms with Gasteiger partial charge in [-0.3, -0.25) is 0 Å². The molecule has 1 saturated heterocycles. The topological polar surface area (TPSA) is 57.5 Å². The zero-order valence-corrected chi connectivity index (χ0v) is 18.5. The lowest BCUT2D eigenvalue weighted by atomic mass is 10.1. The molecule has 4 rings (SSSR count). The van der Waals surface area contributed by atoms with E-state index in [0.717, 1.165) is 36.8 Å². The molecule has 0 bridgehead atoms. The third kappa shape index (κ3) is 5.45. The fourth-order valence-corrected chi connectivity index (χ4v) is 3.92. The highest BCUT2D eigenvalue weighted by Gasteiger charge is 2.14. The predicted molar refractivity (Wildman–Crippen MR) is 128 cm³/mol. The summed E-state index contributed by atoms with van der Waals surface area (Å²) in [5, 5.41) is 11.2. The molecular formula is C25H32N6. The smallest absolute Gasteiger partial charge is 0.192 e. The highest BCUT2D eigenvalue weighted by Crippen LogP contribution is 2.24. The lowest BCUT2D eigenvalue weighted by molar-refractivity contribution is 0.686. The van der Waals surface area contributed by atoms with Gasteiger partial charge in [0.25, 0.3) is 0 Å². The van der Waals surface area contributed by atoms with Crippen LogP contribution in [-0.2, 0) is 6.54 Å². The maximum atomic E-state index is 4.80. The van der Waals surface area contributed by atoms with E-state index in [1.807, 2.05) is 16.9 Å². The monoisotopic (exact) mass is 416 g/mol. The number of benzene rings is 2. The average molecular weight is 417 g/mol. The molecule has 2 heterocycles. The molecule has 0 spiro atoms. The van der Waals surface area contributed by atoms with Crippen molar-refractivity contribution in [1.82, 2.24) is 20.4 Å². The van der Waals surface area contributed by atoms with Crippen LogP contribution in [0, 0.1) is 0 Å². The molecule has 2 aromatic carbocycles. The summed E-state index contributed by atoms with van der Waals surface area (Å²) < 4.78 is 1.86. The normalized spacial score (nSPS) is 15.2. The molecule has 1 aromatic heterocycles. The Morgan fingerprint density at radius 1 is 1.06 bits per heavy atom. The molecular weight excluding hydrogens is 384 g/mol. The second-order valence-corrected chi connectivity index (χ2v) is 7.97. The Morgan fingerprint density at radius 2 is 1.87 bits per heavy atom. The number of nitrogens with zero attached hydrogens (tertiary/aromatic N) is 4. The number of anilines is 1. The Kier molecular flexibility index (Phi) is 6.87. The first-order chi connectivity index (χ1) is 15.2. The molecule has 0 amide bonds. The Morgan fingerprint density at radius 3 is 2.58 bits per heavy atom. The number of aliphatic imine (C=N–C) groups is 1. The van der Waals surface area contributed by atoms with Crippen LogP contribution in [0.25, 0.3) is 5.69 Å². The van der Waals surface area contributed by atoms with Crippen molar-refractivity contribution in [1.29, 1.82) is 0 Å². The van der Waals surface area contributed by atoms with Crippen LogP contribution in [-0.4, -0.2) is 35.4 Å². The van der Waals surface area contributed by atoms with Crippen molar-refractivity contribution in [2.45, 2.75) is 39.3 Å². The third-order valence-electron chi connectivity index (χ3n) is 5.66. The number of hydrogen-bond acceptors (Lipinski definition) is 3. The number of guanidine groups is 1. The summed E-state index contributed by atoms with van der Waals surface area (Å²) in [7, 11) is 0. The number of hydrogen-bond donors (Lipinski definition) is 2. The number of rotatable bonds is 7. The Balaban J connectivity index is 1.41. The van der Waals surface area contributed by atoms with Crippen LogP contribution in [0.5, 0.6) is 0 Å². The molecule has 1 fully saturated rings. The molecule has 31 heavy (non-hydrogen) atoms. The average Bonchev–Trinajstić information content (AvgIpc) is 3.53. The van der Waals surface area contributed by atoms with E-state index in [4.69, 9.17) is 4.99 Å². The van der Waals surface area contributed by atoms with Crippen LogP contribution in [0.2, 0.25) is 0 Å². The summed E-state index contributed by atoms with van der Waals surface area (Å²) in [6.45, 7) is 8.05. The third-order valence-corrected chi connectivity index (χ3v) is 5.66. The summed E-state index contributed by atoms with van der Waals surface area (Å²) in [5.41, 5.74) is 4.81. The van der Waals surface area contributed by atoms with Crippen LogP contribution in [0.3, 0.4) is 0 Å². The quantitative estimate of drug-likeness (QED) is 0.446. The summed E-state index contributed by atoms with van der Waals surface area (Å²) in [6.07, 6.45) is 6.31. The predicted octanol–water partition coefficient (Wildman–Crippen LogP) is 4.29. The molecule has 0 saturated carbocycles. The van der Waals surface area contributed by atoms with Crippen LogP contribution in [0.1, 0.15) is 43.9 Å². The van der Waals surface area contributed by atoms with Gasteiger partial charge < -0.3 is 15.5 Å². The van der Waals surface area contributed by atoms with Crippen molar-refractivity contribution >= 4 is 11.6 Å². The van der Waals surface area contributed by atoms with Gasteiger partial charge in [-0.2, -0.15) is 5.10 Å². The van der Waals surface area contributed by atoms with Gasteiger partial charge in [0.05, 0.1) is 18.3 Å². The van der Waals surface area contributed by atoms with E-state index in [1.165, 1.54) is 24.1 Å². The molecule has 1 aliphatic heterocycles. The molecule has 6 heteroatoms. The van der Waals surface area contributed by atoms with E-state index in [9.17, 15) is 0 Å². The minimum Gasteiger partial charge on any atom is -0.372 e. The van der Waals surface area contributed by atoms with Crippen molar-refractivity contribution in [2.75, 3.05) is 24.5 Å². The van der Waals surface area contributed by atoms with Crippen molar-refractivity contribution in [3.63, 3.8) is 0 Å². The van der Waals surface area contributed by atoms with Crippen LogP contribution >= 0.6 is 0 Å². The maximum absolute atomic E-state index is 4.80. The zero-order valence-electron chi connectivity index (χ0n) is 18.5. The summed E-state index contributed by atoms with van der Waals surface area (Å²) in [5.74, 6) is 0.831. The van der Waals surface area contributed by atoms with Gasteiger partial charge in [0.1, 0.15) is 0 Å². The van der Waals surface area contributed by atoms with E-state index in [0.29, 0.717) is 6.54 Å². The summed E-state index contributed by atoms with van der Waals surface area (Å²) >= 11 is 0. The van der Waals surface area contributed by atoms with Gasteiger partial charge in [0.15, 0.2) is 5.96 Å². The van der Waals surface area contributed by atoms with Crippen molar-refractivity contribution in [3.05, 3.63) is 78.1 Å². The lowest BCUT2D eigenvalue weighted by Gasteiger charge is -2.22. The van der Waals surface area contributed by atoms with Crippen LogP contribution in [0.15, 0.2) is 72.0 Å². The zero-order chi connectivity index (χ0) is 21.5.